The third-order valence-electron chi connectivity index (χ3n) is 9.90. The average Bonchev–Trinajstić information content (AvgIpc) is 3.32. The van der Waals surface area contributed by atoms with Crippen molar-refractivity contribution in [3.63, 3.8) is 0 Å². The normalized spacial score (nSPS) is 12.8. The molecular weight excluding hydrogens is 569 g/mol. The highest BCUT2D eigenvalue weighted by Crippen LogP contribution is 2.52. The molecule has 0 aliphatic heterocycles. The first-order valence-corrected chi connectivity index (χ1v) is 17.0. The monoisotopic (exact) mass is 612 g/mol. The Morgan fingerprint density at radius 3 is 1.17 bits per heavy atom. The molecule has 0 saturated heterocycles. The maximum Gasteiger partial charge on any atom is 0.0465 e. The Hall–Kier alpha value is -5.08. The quantitative estimate of drug-likeness (QED) is 0.169. The summed E-state index contributed by atoms with van der Waals surface area (Å²) < 4.78 is 0. The van der Waals surface area contributed by atoms with Crippen LogP contribution in [-0.2, 0) is 18.3 Å². The topological polar surface area (TPSA) is 6.48 Å². The number of anilines is 6. The predicted molar refractivity (Wildman–Crippen MR) is 202 cm³/mol. The molecule has 0 amide bonds. The molecular formula is C45H44N2. The maximum atomic E-state index is 2.43. The van der Waals surface area contributed by atoms with Crippen LogP contribution < -0.4 is 9.80 Å². The molecule has 0 atom stereocenters. The van der Waals surface area contributed by atoms with E-state index in [0.29, 0.717) is 0 Å². The Bertz CT molecular complexity index is 1900. The molecule has 6 aromatic carbocycles. The summed E-state index contributed by atoms with van der Waals surface area (Å²) in [6.07, 6.45) is 2.01. The van der Waals surface area contributed by atoms with E-state index in [0.717, 1.165) is 12.8 Å². The highest BCUT2D eigenvalue weighted by Gasteiger charge is 2.37. The van der Waals surface area contributed by atoms with Crippen LogP contribution in [0.5, 0.6) is 0 Å². The third-order valence-corrected chi connectivity index (χ3v) is 9.90. The molecule has 47 heavy (non-hydrogen) atoms. The summed E-state index contributed by atoms with van der Waals surface area (Å²) in [5.74, 6) is 0. The number of hydrogen-bond donors (Lipinski definition) is 0. The minimum Gasteiger partial charge on any atom is -0.310 e. The molecule has 2 nitrogen and oxygen atoms in total. The van der Waals surface area contributed by atoms with Crippen molar-refractivity contribution >= 4 is 34.1 Å². The van der Waals surface area contributed by atoms with Crippen LogP contribution in [0.4, 0.5) is 34.1 Å². The smallest absolute Gasteiger partial charge is 0.0465 e. The Balaban J connectivity index is 1.34. The summed E-state index contributed by atoms with van der Waals surface area (Å²) in [7, 11) is 0. The summed E-state index contributed by atoms with van der Waals surface area (Å²) in [6.45, 7) is 13.5. The van der Waals surface area contributed by atoms with Crippen molar-refractivity contribution in [2.45, 2.75) is 59.8 Å². The van der Waals surface area contributed by atoms with Gasteiger partial charge in [0.05, 0.1) is 0 Å². The molecule has 234 valence electrons. The molecule has 0 N–H and O–H groups in total. The summed E-state index contributed by atoms with van der Waals surface area (Å²) in [4.78, 5) is 4.81. The van der Waals surface area contributed by atoms with Gasteiger partial charge in [0.25, 0.3) is 0 Å². The molecule has 0 radical (unpaired) electrons. The van der Waals surface area contributed by atoms with Gasteiger partial charge in [0.2, 0.25) is 0 Å². The zero-order valence-electron chi connectivity index (χ0n) is 28.5. The number of aryl methyl sites for hydroxylation is 4. The van der Waals surface area contributed by atoms with Crippen LogP contribution in [0, 0.1) is 13.8 Å². The lowest BCUT2D eigenvalue weighted by molar-refractivity contribution is 0.660. The van der Waals surface area contributed by atoms with E-state index in [1.54, 1.807) is 0 Å². The van der Waals surface area contributed by atoms with Gasteiger partial charge in [0.1, 0.15) is 0 Å². The molecule has 0 aromatic heterocycles. The van der Waals surface area contributed by atoms with Crippen molar-refractivity contribution in [2.75, 3.05) is 9.80 Å². The van der Waals surface area contributed by atoms with Crippen molar-refractivity contribution in [3.05, 3.63) is 167 Å². The SMILES string of the molecule is CCc1cccc(N(c2ccc(C)cc2)c2ccc3c(c2)C(C)(C)c2cc(N(c4ccc(C)cc4)c4cccc(CC)c4)ccc2-3)c1. The Morgan fingerprint density at radius 2 is 0.787 bits per heavy atom. The lowest BCUT2D eigenvalue weighted by Gasteiger charge is -2.29. The van der Waals surface area contributed by atoms with Crippen LogP contribution in [0.3, 0.4) is 0 Å². The Morgan fingerprint density at radius 1 is 0.426 bits per heavy atom. The van der Waals surface area contributed by atoms with Crippen molar-refractivity contribution in [1.82, 2.24) is 0 Å². The second kappa shape index (κ2) is 12.3. The van der Waals surface area contributed by atoms with Crippen LogP contribution in [0.2, 0.25) is 0 Å². The van der Waals surface area contributed by atoms with Crippen molar-refractivity contribution in [3.8, 4) is 11.1 Å². The zero-order chi connectivity index (χ0) is 32.7. The first-order valence-electron chi connectivity index (χ1n) is 17.0. The predicted octanol–water partition coefficient (Wildman–Crippen LogP) is 12.7. The molecule has 0 spiro atoms. The van der Waals surface area contributed by atoms with Gasteiger partial charge in [-0.15, -0.1) is 0 Å². The van der Waals surface area contributed by atoms with Gasteiger partial charge in [-0.3, -0.25) is 0 Å². The molecule has 0 heterocycles. The van der Waals surface area contributed by atoms with E-state index in [2.05, 4.69) is 185 Å². The standard InChI is InChI=1S/C45H44N2/c1-7-33-11-9-13-37(27-33)46(35-19-15-31(3)16-20-35)39-23-25-41-42-26-24-40(30-44(42)45(5,6)43(41)29-39)47(36-21-17-32(4)18-22-36)38-14-10-12-34(8-2)28-38/h9-30H,7-8H2,1-6H3. The summed E-state index contributed by atoms with van der Waals surface area (Å²) in [5.41, 5.74) is 17.5. The molecule has 1 aliphatic carbocycles. The van der Waals surface area contributed by atoms with Gasteiger partial charge in [-0.1, -0.05) is 99.5 Å². The number of rotatable bonds is 8. The Kier molecular flexibility index (Phi) is 7.98. The fourth-order valence-corrected chi connectivity index (χ4v) is 7.10. The van der Waals surface area contributed by atoms with Gasteiger partial charge in [0.15, 0.2) is 0 Å². The van der Waals surface area contributed by atoms with Crippen LogP contribution in [0.25, 0.3) is 11.1 Å². The van der Waals surface area contributed by atoms with E-state index in [1.165, 1.54) is 78.6 Å². The first kappa shape index (κ1) is 30.6. The first-order chi connectivity index (χ1) is 22.8. The fraction of sp³-hybridized carbons (Fsp3) is 0.200. The van der Waals surface area contributed by atoms with Gasteiger partial charge >= 0.3 is 0 Å². The lowest BCUT2D eigenvalue weighted by atomic mass is 9.82. The van der Waals surface area contributed by atoms with Gasteiger partial charge < -0.3 is 9.80 Å². The van der Waals surface area contributed by atoms with Gasteiger partial charge in [0, 0.05) is 39.5 Å². The highest BCUT2D eigenvalue weighted by molar-refractivity contribution is 5.88. The lowest BCUT2D eigenvalue weighted by Crippen LogP contribution is -2.17. The van der Waals surface area contributed by atoms with Crippen molar-refractivity contribution in [2.24, 2.45) is 0 Å². The van der Waals surface area contributed by atoms with E-state index in [9.17, 15) is 0 Å². The second-order valence-corrected chi connectivity index (χ2v) is 13.5. The van der Waals surface area contributed by atoms with E-state index in [1.807, 2.05) is 0 Å². The fourth-order valence-electron chi connectivity index (χ4n) is 7.10. The van der Waals surface area contributed by atoms with Crippen LogP contribution in [0.15, 0.2) is 133 Å². The number of nitrogens with zero attached hydrogens (tertiary/aromatic N) is 2. The number of benzene rings is 6. The average molecular weight is 613 g/mol. The van der Waals surface area contributed by atoms with E-state index in [4.69, 9.17) is 0 Å². The van der Waals surface area contributed by atoms with Crippen LogP contribution in [0.1, 0.15) is 61.1 Å². The number of fused-ring (bicyclic) bond motifs is 3. The minimum atomic E-state index is -0.175. The van der Waals surface area contributed by atoms with Crippen molar-refractivity contribution < 1.29 is 0 Å². The molecule has 0 unspecified atom stereocenters. The molecule has 1 aliphatic rings. The maximum absolute atomic E-state index is 2.43. The summed E-state index contributed by atoms with van der Waals surface area (Å²) in [6, 6.07) is 49.8. The van der Waals surface area contributed by atoms with Gasteiger partial charge in [-0.2, -0.15) is 0 Å². The minimum absolute atomic E-state index is 0.175. The second-order valence-electron chi connectivity index (χ2n) is 13.5. The van der Waals surface area contributed by atoms with E-state index >= 15 is 0 Å². The highest BCUT2D eigenvalue weighted by atomic mass is 15.1. The zero-order valence-corrected chi connectivity index (χ0v) is 28.5. The molecule has 7 rings (SSSR count). The van der Waals surface area contributed by atoms with Gasteiger partial charge in [-0.05, 0) is 133 Å². The molecule has 0 bridgehead atoms. The third kappa shape index (κ3) is 5.63. The summed E-state index contributed by atoms with van der Waals surface area (Å²) in [5, 5.41) is 0. The molecule has 2 heteroatoms. The molecule has 6 aromatic rings. The van der Waals surface area contributed by atoms with Crippen LogP contribution in [-0.4, -0.2) is 0 Å². The summed E-state index contributed by atoms with van der Waals surface area (Å²) >= 11 is 0. The largest absolute Gasteiger partial charge is 0.310 e. The van der Waals surface area contributed by atoms with Crippen molar-refractivity contribution in [1.29, 1.82) is 0 Å². The Labute approximate surface area is 281 Å². The number of hydrogen-bond acceptors (Lipinski definition) is 2. The molecule has 0 saturated carbocycles. The van der Waals surface area contributed by atoms with E-state index < -0.39 is 0 Å². The van der Waals surface area contributed by atoms with Gasteiger partial charge in [-0.25, -0.2) is 0 Å². The van der Waals surface area contributed by atoms with E-state index in [-0.39, 0.29) is 5.41 Å². The van der Waals surface area contributed by atoms with Crippen LogP contribution >= 0.6 is 0 Å². The molecule has 0 fully saturated rings.